The molecule has 0 aromatic carbocycles. The highest BCUT2D eigenvalue weighted by Gasteiger charge is 2.35. The van der Waals surface area contributed by atoms with Crippen LogP contribution in [0.2, 0.25) is 0 Å². The lowest BCUT2D eigenvalue weighted by Gasteiger charge is -2.40. The molecule has 1 aromatic rings. The van der Waals surface area contributed by atoms with E-state index in [0.29, 0.717) is 42.0 Å². The lowest BCUT2D eigenvalue weighted by Crippen LogP contribution is -2.44. The number of primary amides is 1. The van der Waals surface area contributed by atoms with Crippen LogP contribution in [0, 0.1) is 12.3 Å². The van der Waals surface area contributed by atoms with Gasteiger partial charge in [-0.2, -0.15) is 0 Å². The zero-order valence-corrected chi connectivity index (χ0v) is 14.2. The summed E-state index contributed by atoms with van der Waals surface area (Å²) in [4.78, 5) is 29.3. The van der Waals surface area contributed by atoms with Crippen molar-refractivity contribution in [1.29, 1.82) is 0 Å². The van der Waals surface area contributed by atoms with Crippen molar-refractivity contribution in [3.05, 3.63) is 22.5 Å². The fourth-order valence-corrected chi connectivity index (χ4v) is 3.51. The van der Waals surface area contributed by atoms with Crippen molar-refractivity contribution in [2.75, 3.05) is 19.7 Å². The quantitative estimate of drug-likeness (QED) is 0.768. The number of piperidine rings is 1. The molecule has 128 valence electrons. The van der Waals surface area contributed by atoms with E-state index >= 15 is 0 Å². The summed E-state index contributed by atoms with van der Waals surface area (Å²) in [5.74, 6) is -0.585. The van der Waals surface area contributed by atoms with E-state index in [4.69, 9.17) is 5.73 Å². The molecule has 0 spiro atoms. The molecule has 1 aliphatic heterocycles. The van der Waals surface area contributed by atoms with Crippen LogP contribution in [-0.2, 0) is 6.42 Å². The van der Waals surface area contributed by atoms with Crippen molar-refractivity contribution in [3.63, 3.8) is 0 Å². The zero-order valence-electron chi connectivity index (χ0n) is 14.2. The second kappa shape index (κ2) is 6.74. The number of nitrogens with one attached hydrogen (secondary N) is 1. The minimum Gasteiger partial charge on any atom is -0.396 e. The van der Waals surface area contributed by atoms with E-state index in [2.05, 4.69) is 11.9 Å². The SMILES string of the molecule is CCc1c(C(=O)N2CCC(CC)(CO)CC2)[nH]c(C)c1C(N)=O. The predicted octanol–water partition coefficient (Wildman–Crippen LogP) is 1.61. The maximum Gasteiger partial charge on any atom is 0.270 e. The molecule has 0 saturated carbocycles. The van der Waals surface area contributed by atoms with Gasteiger partial charge in [-0.15, -0.1) is 0 Å². The van der Waals surface area contributed by atoms with Gasteiger partial charge in [0.2, 0.25) is 0 Å². The molecule has 2 heterocycles. The number of carbonyl (C=O) groups is 2. The van der Waals surface area contributed by atoms with Crippen molar-refractivity contribution < 1.29 is 14.7 Å². The maximum atomic E-state index is 12.8. The van der Waals surface area contributed by atoms with Gasteiger partial charge in [0.1, 0.15) is 5.69 Å². The standard InChI is InChI=1S/C17H27N3O3/c1-4-12-13(15(18)22)11(3)19-14(12)16(23)20-8-6-17(5-2,10-21)7-9-20/h19,21H,4-10H2,1-3H3,(H2,18,22). The Labute approximate surface area is 137 Å². The number of rotatable bonds is 5. The lowest BCUT2D eigenvalue weighted by atomic mass is 9.77. The molecule has 4 N–H and O–H groups in total. The number of likely N-dealkylation sites (tertiary alicyclic amines) is 1. The summed E-state index contributed by atoms with van der Waals surface area (Å²) in [7, 11) is 0. The molecule has 2 rings (SSSR count). The highest BCUT2D eigenvalue weighted by Crippen LogP contribution is 2.35. The highest BCUT2D eigenvalue weighted by molar-refractivity contribution is 6.02. The van der Waals surface area contributed by atoms with Crippen LogP contribution in [0.5, 0.6) is 0 Å². The molecule has 0 atom stereocenters. The van der Waals surface area contributed by atoms with Gasteiger partial charge in [-0.1, -0.05) is 13.8 Å². The summed E-state index contributed by atoms with van der Waals surface area (Å²) in [6, 6.07) is 0. The molecule has 0 unspecified atom stereocenters. The first-order valence-electron chi connectivity index (χ1n) is 8.30. The molecule has 6 heteroatoms. The minimum atomic E-state index is -0.501. The van der Waals surface area contributed by atoms with Crippen LogP contribution in [0.3, 0.4) is 0 Å². The van der Waals surface area contributed by atoms with Crippen molar-refractivity contribution in [2.24, 2.45) is 11.1 Å². The van der Waals surface area contributed by atoms with Gasteiger partial charge in [-0.25, -0.2) is 0 Å². The van der Waals surface area contributed by atoms with Crippen LogP contribution in [0.4, 0.5) is 0 Å². The van der Waals surface area contributed by atoms with Crippen molar-refractivity contribution in [2.45, 2.75) is 46.5 Å². The van der Waals surface area contributed by atoms with Gasteiger partial charge in [-0.05, 0) is 43.6 Å². The largest absolute Gasteiger partial charge is 0.396 e. The van der Waals surface area contributed by atoms with E-state index in [9.17, 15) is 14.7 Å². The molecule has 1 aromatic heterocycles. The Balaban J connectivity index is 2.23. The number of aliphatic hydroxyl groups excluding tert-OH is 1. The number of aliphatic hydroxyl groups is 1. The summed E-state index contributed by atoms with van der Waals surface area (Å²) < 4.78 is 0. The second-order valence-electron chi connectivity index (χ2n) is 6.50. The Morgan fingerprint density at radius 2 is 1.91 bits per heavy atom. The topological polar surface area (TPSA) is 99.4 Å². The molecule has 23 heavy (non-hydrogen) atoms. The molecule has 1 saturated heterocycles. The van der Waals surface area contributed by atoms with Gasteiger partial charge in [0.05, 0.1) is 5.56 Å². The number of hydrogen-bond donors (Lipinski definition) is 3. The van der Waals surface area contributed by atoms with E-state index in [-0.39, 0.29) is 17.9 Å². The molecular formula is C17H27N3O3. The Morgan fingerprint density at radius 1 is 1.30 bits per heavy atom. The number of amides is 2. The summed E-state index contributed by atoms with van der Waals surface area (Å²) in [5.41, 5.74) is 7.65. The number of nitrogens with two attached hydrogens (primary N) is 1. The van der Waals surface area contributed by atoms with Crippen molar-refractivity contribution in [1.82, 2.24) is 9.88 Å². The fourth-order valence-electron chi connectivity index (χ4n) is 3.51. The Bertz CT molecular complexity index is 592. The van der Waals surface area contributed by atoms with Crippen LogP contribution in [0.25, 0.3) is 0 Å². The number of carbonyl (C=O) groups excluding carboxylic acids is 2. The van der Waals surface area contributed by atoms with E-state index in [0.717, 1.165) is 19.3 Å². The maximum absolute atomic E-state index is 12.8. The van der Waals surface area contributed by atoms with Crippen LogP contribution >= 0.6 is 0 Å². The summed E-state index contributed by atoms with van der Waals surface area (Å²) in [5, 5.41) is 9.61. The smallest absolute Gasteiger partial charge is 0.270 e. The minimum absolute atomic E-state index is 0.0611. The summed E-state index contributed by atoms with van der Waals surface area (Å²) in [6.07, 6.45) is 3.09. The third-order valence-corrected chi connectivity index (χ3v) is 5.30. The van der Waals surface area contributed by atoms with Gasteiger partial charge < -0.3 is 20.7 Å². The Hall–Kier alpha value is -1.82. The first kappa shape index (κ1) is 17.5. The van der Waals surface area contributed by atoms with Gasteiger partial charge in [-0.3, -0.25) is 9.59 Å². The average molecular weight is 321 g/mol. The highest BCUT2D eigenvalue weighted by atomic mass is 16.3. The van der Waals surface area contributed by atoms with Crippen molar-refractivity contribution >= 4 is 11.8 Å². The number of hydrogen-bond acceptors (Lipinski definition) is 3. The van der Waals surface area contributed by atoms with Gasteiger partial charge in [0.25, 0.3) is 11.8 Å². The Morgan fingerprint density at radius 3 is 2.35 bits per heavy atom. The summed E-state index contributed by atoms with van der Waals surface area (Å²) in [6.45, 7) is 7.17. The normalized spacial score (nSPS) is 17.3. The predicted molar refractivity (Wildman–Crippen MR) is 88.4 cm³/mol. The molecule has 0 aliphatic carbocycles. The molecule has 0 bridgehead atoms. The molecule has 2 amide bonds. The second-order valence-corrected chi connectivity index (χ2v) is 6.50. The number of H-pyrrole nitrogens is 1. The third-order valence-electron chi connectivity index (χ3n) is 5.30. The molecule has 1 aliphatic rings. The van der Waals surface area contributed by atoms with Crippen LogP contribution in [0.15, 0.2) is 0 Å². The van der Waals surface area contributed by atoms with Gasteiger partial charge >= 0.3 is 0 Å². The van der Waals surface area contributed by atoms with E-state index in [1.54, 1.807) is 11.8 Å². The molecule has 0 radical (unpaired) electrons. The van der Waals surface area contributed by atoms with E-state index in [1.807, 2.05) is 6.92 Å². The van der Waals surface area contributed by atoms with Crippen LogP contribution < -0.4 is 5.73 Å². The fraction of sp³-hybridized carbons (Fsp3) is 0.647. The molecular weight excluding hydrogens is 294 g/mol. The molecule has 1 fully saturated rings. The lowest BCUT2D eigenvalue weighted by molar-refractivity contribution is 0.0334. The number of aromatic amines is 1. The molecule has 6 nitrogen and oxygen atoms in total. The van der Waals surface area contributed by atoms with E-state index in [1.165, 1.54) is 0 Å². The summed E-state index contributed by atoms with van der Waals surface area (Å²) >= 11 is 0. The first-order chi connectivity index (χ1) is 10.9. The average Bonchev–Trinajstić information content (AvgIpc) is 2.90. The number of aromatic nitrogens is 1. The Kier molecular flexibility index (Phi) is 5.14. The first-order valence-corrected chi connectivity index (χ1v) is 8.30. The van der Waals surface area contributed by atoms with Crippen LogP contribution in [-0.4, -0.2) is 46.5 Å². The van der Waals surface area contributed by atoms with Crippen molar-refractivity contribution in [3.8, 4) is 0 Å². The zero-order chi connectivity index (χ0) is 17.2. The monoisotopic (exact) mass is 321 g/mol. The van der Waals surface area contributed by atoms with Gasteiger partial charge in [0, 0.05) is 25.4 Å². The third kappa shape index (κ3) is 3.13. The van der Waals surface area contributed by atoms with Gasteiger partial charge in [0.15, 0.2) is 0 Å². The number of aryl methyl sites for hydroxylation is 1. The number of nitrogens with zero attached hydrogens (tertiary/aromatic N) is 1. The van der Waals surface area contributed by atoms with Crippen LogP contribution in [0.1, 0.15) is 65.2 Å². The van der Waals surface area contributed by atoms with E-state index < -0.39 is 5.91 Å².